The third kappa shape index (κ3) is 3.77. The largest absolute Gasteiger partial charge is 0.481 e. The second-order valence-corrected chi connectivity index (χ2v) is 6.48. The van der Waals surface area contributed by atoms with E-state index >= 15 is 0 Å². The molecule has 0 saturated heterocycles. The molecule has 1 amide bonds. The number of nitrogens with one attached hydrogen (secondary N) is 1. The van der Waals surface area contributed by atoms with Crippen LogP contribution in [0.25, 0.3) is 0 Å². The van der Waals surface area contributed by atoms with Gasteiger partial charge in [-0.25, -0.2) is 0 Å². The summed E-state index contributed by atoms with van der Waals surface area (Å²) in [5, 5.41) is 12.6. The van der Waals surface area contributed by atoms with Gasteiger partial charge in [-0.2, -0.15) is 0 Å². The van der Waals surface area contributed by atoms with Crippen LogP contribution in [-0.4, -0.2) is 23.0 Å². The van der Waals surface area contributed by atoms with Gasteiger partial charge in [-0.1, -0.05) is 35.9 Å². The number of fused-ring (bicyclic) bond motifs is 1. The fraction of sp³-hybridized carbons (Fsp3) is 0.263. The molecule has 2 N–H and O–H groups in total. The second kappa shape index (κ2) is 7.05. The topological polar surface area (TPSA) is 66.4 Å². The fourth-order valence-electron chi connectivity index (χ4n) is 3.15. The Hall–Kier alpha value is -2.33. The van der Waals surface area contributed by atoms with Gasteiger partial charge in [0.25, 0.3) is 5.91 Å². The molecule has 0 fully saturated rings. The van der Waals surface area contributed by atoms with E-state index in [0.29, 0.717) is 17.0 Å². The van der Waals surface area contributed by atoms with E-state index in [-0.39, 0.29) is 18.4 Å². The Morgan fingerprint density at radius 1 is 1.12 bits per heavy atom. The summed E-state index contributed by atoms with van der Waals surface area (Å²) in [5.41, 5.74) is 3.69. The summed E-state index contributed by atoms with van der Waals surface area (Å²) in [5.74, 6) is -1.02. The Labute approximate surface area is 145 Å². The Morgan fingerprint density at radius 2 is 1.88 bits per heavy atom. The van der Waals surface area contributed by atoms with Crippen LogP contribution in [0.1, 0.15) is 33.5 Å². The first-order chi connectivity index (χ1) is 11.5. The van der Waals surface area contributed by atoms with E-state index in [1.165, 1.54) is 11.1 Å². The third-order valence-corrected chi connectivity index (χ3v) is 4.54. The predicted molar refractivity (Wildman–Crippen MR) is 92.5 cm³/mol. The van der Waals surface area contributed by atoms with Crippen LogP contribution in [0.15, 0.2) is 42.5 Å². The molecule has 5 heteroatoms. The average Bonchev–Trinajstić information content (AvgIpc) is 2.94. The minimum Gasteiger partial charge on any atom is -0.481 e. The van der Waals surface area contributed by atoms with E-state index in [9.17, 15) is 9.59 Å². The molecule has 0 aromatic heterocycles. The Kier molecular flexibility index (Phi) is 4.86. The molecule has 4 nitrogen and oxygen atoms in total. The fourth-order valence-corrected chi connectivity index (χ4v) is 3.35. The van der Waals surface area contributed by atoms with E-state index in [1.54, 1.807) is 18.2 Å². The van der Waals surface area contributed by atoms with Crippen LogP contribution in [-0.2, 0) is 24.1 Å². The normalized spacial score (nSPS) is 15.8. The minimum atomic E-state index is -0.867. The van der Waals surface area contributed by atoms with Gasteiger partial charge in [0.1, 0.15) is 0 Å². The van der Waals surface area contributed by atoms with Crippen LogP contribution in [0.3, 0.4) is 0 Å². The van der Waals surface area contributed by atoms with Gasteiger partial charge in [0.15, 0.2) is 0 Å². The van der Waals surface area contributed by atoms with Crippen LogP contribution in [0.2, 0.25) is 5.02 Å². The zero-order valence-electron chi connectivity index (χ0n) is 13.1. The molecular weight excluding hydrogens is 326 g/mol. The van der Waals surface area contributed by atoms with Crippen molar-refractivity contribution in [3.05, 3.63) is 69.7 Å². The molecule has 1 aliphatic carbocycles. The SMILES string of the molecule is O=C(O)CCc1ccccc1C(=O)NC1Cc2ccc(Cl)cc2C1. The maximum Gasteiger partial charge on any atom is 0.303 e. The zero-order valence-corrected chi connectivity index (χ0v) is 13.8. The molecule has 1 unspecified atom stereocenters. The molecule has 0 aliphatic heterocycles. The number of carboxylic acid groups (broad SMARTS) is 1. The van der Waals surface area contributed by atoms with Gasteiger partial charge < -0.3 is 10.4 Å². The van der Waals surface area contributed by atoms with Crippen molar-refractivity contribution in [3.63, 3.8) is 0 Å². The Balaban J connectivity index is 1.69. The van der Waals surface area contributed by atoms with Crippen molar-refractivity contribution in [1.29, 1.82) is 0 Å². The van der Waals surface area contributed by atoms with Crippen LogP contribution >= 0.6 is 11.6 Å². The van der Waals surface area contributed by atoms with Gasteiger partial charge in [0.2, 0.25) is 0 Å². The predicted octanol–water partition coefficient (Wildman–Crippen LogP) is 3.25. The van der Waals surface area contributed by atoms with Crippen molar-refractivity contribution < 1.29 is 14.7 Å². The highest BCUT2D eigenvalue weighted by molar-refractivity contribution is 6.30. The van der Waals surface area contributed by atoms with Crippen molar-refractivity contribution in [2.24, 2.45) is 0 Å². The first-order valence-corrected chi connectivity index (χ1v) is 8.28. The van der Waals surface area contributed by atoms with Crippen LogP contribution in [0.5, 0.6) is 0 Å². The molecule has 0 radical (unpaired) electrons. The molecule has 0 heterocycles. The number of rotatable bonds is 5. The molecule has 24 heavy (non-hydrogen) atoms. The van der Waals surface area contributed by atoms with Gasteiger partial charge in [0, 0.05) is 23.0 Å². The summed E-state index contributed by atoms with van der Waals surface area (Å²) in [4.78, 5) is 23.4. The first kappa shape index (κ1) is 16.5. The average molecular weight is 344 g/mol. The monoisotopic (exact) mass is 343 g/mol. The lowest BCUT2D eigenvalue weighted by molar-refractivity contribution is -0.136. The molecule has 1 atom stereocenters. The maximum absolute atomic E-state index is 12.6. The highest BCUT2D eigenvalue weighted by Gasteiger charge is 2.24. The number of carbonyl (C=O) groups is 2. The Morgan fingerprint density at radius 3 is 2.67 bits per heavy atom. The highest BCUT2D eigenvalue weighted by Crippen LogP contribution is 2.25. The number of carboxylic acids is 1. The Bertz CT molecular complexity index is 788. The summed E-state index contributed by atoms with van der Waals surface area (Å²) in [6, 6.07) is 13.0. The first-order valence-electron chi connectivity index (χ1n) is 7.91. The second-order valence-electron chi connectivity index (χ2n) is 6.04. The molecule has 0 spiro atoms. The highest BCUT2D eigenvalue weighted by atomic mass is 35.5. The smallest absolute Gasteiger partial charge is 0.303 e. The van der Waals surface area contributed by atoms with E-state index in [0.717, 1.165) is 18.4 Å². The summed E-state index contributed by atoms with van der Waals surface area (Å²) >= 11 is 6.02. The molecule has 3 rings (SSSR count). The molecule has 1 aliphatic rings. The van der Waals surface area contributed by atoms with Gasteiger partial charge >= 0.3 is 5.97 Å². The van der Waals surface area contributed by atoms with Crippen molar-refractivity contribution in [3.8, 4) is 0 Å². The van der Waals surface area contributed by atoms with Gasteiger partial charge in [-0.15, -0.1) is 0 Å². The number of aliphatic carboxylic acids is 1. The maximum atomic E-state index is 12.6. The summed E-state index contributed by atoms with van der Waals surface area (Å²) in [7, 11) is 0. The molecular formula is C19H18ClNO3. The number of aryl methyl sites for hydroxylation is 1. The van der Waals surface area contributed by atoms with Crippen LogP contribution in [0, 0.1) is 0 Å². The lowest BCUT2D eigenvalue weighted by atomic mass is 10.0. The number of hydrogen-bond acceptors (Lipinski definition) is 2. The quantitative estimate of drug-likeness (QED) is 0.875. The summed E-state index contributed by atoms with van der Waals surface area (Å²) < 4.78 is 0. The summed E-state index contributed by atoms with van der Waals surface area (Å²) in [6.45, 7) is 0. The molecule has 0 saturated carbocycles. The minimum absolute atomic E-state index is 0.0116. The number of carbonyl (C=O) groups excluding carboxylic acids is 1. The van der Waals surface area contributed by atoms with Crippen LogP contribution < -0.4 is 5.32 Å². The lowest BCUT2D eigenvalue weighted by Crippen LogP contribution is -2.35. The molecule has 124 valence electrons. The van der Waals surface area contributed by atoms with Gasteiger partial charge in [-0.05, 0) is 54.2 Å². The van der Waals surface area contributed by atoms with E-state index < -0.39 is 5.97 Å². The van der Waals surface area contributed by atoms with E-state index in [1.807, 2.05) is 24.3 Å². The number of hydrogen-bond donors (Lipinski definition) is 2. The van der Waals surface area contributed by atoms with Crippen molar-refractivity contribution in [2.75, 3.05) is 0 Å². The molecule has 2 aromatic carbocycles. The van der Waals surface area contributed by atoms with E-state index in [2.05, 4.69) is 5.32 Å². The van der Waals surface area contributed by atoms with Gasteiger partial charge in [-0.3, -0.25) is 9.59 Å². The zero-order chi connectivity index (χ0) is 17.1. The molecule has 2 aromatic rings. The standard InChI is InChI=1S/C19H18ClNO3/c20-15-7-5-13-10-16(11-14(13)9-15)21-19(24)17-4-2-1-3-12(17)6-8-18(22)23/h1-5,7,9,16H,6,8,10-11H2,(H,21,24)(H,22,23). The van der Waals surface area contributed by atoms with Crippen molar-refractivity contribution in [2.45, 2.75) is 31.7 Å². The van der Waals surface area contributed by atoms with Gasteiger partial charge in [0.05, 0.1) is 0 Å². The number of halogens is 1. The van der Waals surface area contributed by atoms with Crippen molar-refractivity contribution >= 4 is 23.5 Å². The summed E-state index contributed by atoms with van der Waals surface area (Å²) in [6.07, 6.45) is 1.91. The number of amides is 1. The third-order valence-electron chi connectivity index (χ3n) is 4.31. The lowest BCUT2D eigenvalue weighted by Gasteiger charge is -2.14. The van der Waals surface area contributed by atoms with Crippen molar-refractivity contribution in [1.82, 2.24) is 5.32 Å². The van der Waals surface area contributed by atoms with Crippen LogP contribution in [0.4, 0.5) is 0 Å². The molecule has 0 bridgehead atoms. The van der Waals surface area contributed by atoms with E-state index in [4.69, 9.17) is 16.7 Å². The number of benzene rings is 2.